The van der Waals surface area contributed by atoms with Crippen LogP contribution in [0.4, 0.5) is 4.79 Å². The molecule has 0 aliphatic rings. The van der Waals surface area contributed by atoms with Crippen molar-refractivity contribution in [3.63, 3.8) is 0 Å². The van der Waals surface area contributed by atoms with Gasteiger partial charge in [0, 0.05) is 6.54 Å². The minimum atomic E-state index is -0.992. The van der Waals surface area contributed by atoms with Gasteiger partial charge in [-0.15, -0.1) is 11.3 Å². The molecule has 112 valence electrons. The zero-order valence-corrected chi connectivity index (χ0v) is 13.2. The molecule has 21 heavy (non-hydrogen) atoms. The average molecular weight is 325 g/mol. The second kappa shape index (κ2) is 6.68. The summed E-state index contributed by atoms with van der Waals surface area (Å²) in [4.78, 5) is 26.9. The quantitative estimate of drug-likeness (QED) is 0.788. The second-order valence-corrected chi connectivity index (χ2v) is 6.27. The molecule has 0 bridgehead atoms. The summed E-state index contributed by atoms with van der Waals surface area (Å²) in [6.07, 6.45) is 0. The number of hydrogen-bond acceptors (Lipinski definition) is 5. The zero-order valence-electron chi connectivity index (χ0n) is 11.6. The first-order valence-corrected chi connectivity index (χ1v) is 7.96. The van der Waals surface area contributed by atoms with Crippen LogP contribution in [0.25, 0.3) is 0 Å². The first kappa shape index (κ1) is 15.5. The Morgan fingerprint density at radius 2 is 1.95 bits per heavy atom. The summed E-state index contributed by atoms with van der Waals surface area (Å²) < 4.78 is 0. The van der Waals surface area contributed by atoms with E-state index in [1.165, 1.54) is 0 Å². The number of carbonyl (C=O) groups is 2. The third kappa shape index (κ3) is 4.02. The molecule has 0 atom stereocenters. The lowest BCUT2D eigenvalue weighted by Crippen LogP contribution is -2.34. The molecular weight excluding hydrogens is 310 g/mol. The largest absolute Gasteiger partial charge is 0.477 e. The van der Waals surface area contributed by atoms with Crippen LogP contribution < -0.4 is 10.6 Å². The number of amides is 2. The summed E-state index contributed by atoms with van der Waals surface area (Å²) in [6, 6.07) is -0.301. The lowest BCUT2D eigenvalue weighted by atomic mass is 10.2. The molecule has 2 aromatic heterocycles. The van der Waals surface area contributed by atoms with Gasteiger partial charge in [0.25, 0.3) is 0 Å². The summed E-state index contributed by atoms with van der Waals surface area (Å²) in [6.45, 7) is 4.33. The van der Waals surface area contributed by atoms with Gasteiger partial charge >= 0.3 is 12.0 Å². The molecule has 3 N–H and O–H groups in total. The predicted molar refractivity (Wildman–Crippen MR) is 81.9 cm³/mol. The molecule has 2 amide bonds. The van der Waals surface area contributed by atoms with Crippen molar-refractivity contribution in [1.82, 2.24) is 15.6 Å². The average Bonchev–Trinajstić information content (AvgIpc) is 3.00. The number of thiazole rings is 1. The minimum Gasteiger partial charge on any atom is -0.477 e. The van der Waals surface area contributed by atoms with Crippen LogP contribution in [0.15, 0.2) is 10.8 Å². The van der Waals surface area contributed by atoms with E-state index in [9.17, 15) is 9.59 Å². The third-order valence-corrected chi connectivity index (χ3v) is 4.89. The van der Waals surface area contributed by atoms with Crippen LogP contribution in [0.1, 0.15) is 31.5 Å². The monoisotopic (exact) mass is 325 g/mol. The van der Waals surface area contributed by atoms with E-state index in [2.05, 4.69) is 15.6 Å². The van der Waals surface area contributed by atoms with Crippen LogP contribution in [-0.4, -0.2) is 22.1 Å². The van der Waals surface area contributed by atoms with Crippen molar-refractivity contribution in [2.75, 3.05) is 0 Å². The van der Waals surface area contributed by atoms with Crippen LogP contribution in [0.3, 0.4) is 0 Å². The van der Waals surface area contributed by atoms with Crippen LogP contribution in [0.5, 0.6) is 0 Å². The fourth-order valence-electron chi connectivity index (χ4n) is 1.69. The van der Waals surface area contributed by atoms with Crippen LogP contribution in [0, 0.1) is 13.8 Å². The summed E-state index contributed by atoms with van der Waals surface area (Å²) in [7, 11) is 0. The predicted octanol–water partition coefficient (Wildman–Crippen LogP) is 2.52. The number of thiophene rings is 1. The number of aromatic nitrogens is 1. The Balaban J connectivity index is 1.82. The van der Waals surface area contributed by atoms with Crippen LogP contribution in [-0.2, 0) is 13.1 Å². The van der Waals surface area contributed by atoms with Crippen molar-refractivity contribution in [3.8, 4) is 0 Å². The molecule has 0 saturated carbocycles. The molecule has 2 rings (SSSR count). The van der Waals surface area contributed by atoms with Crippen LogP contribution >= 0.6 is 22.7 Å². The van der Waals surface area contributed by atoms with E-state index in [1.807, 2.05) is 17.7 Å². The van der Waals surface area contributed by atoms with Gasteiger partial charge in [0.2, 0.25) is 0 Å². The highest BCUT2D eigenvalue weighted by atomic mass is 32.1. The number of carboxylic acids is 1. The van der Waals surface area contributed by atoms with Crippen molar-refractivity contribution in [2.24, 2.45) is 0 Å². The molecule has 8 heteroatoms. The summed E-state index contributed by atoms with van der Waals surface area (Å²) in [5.74, 6) is -0.992. The second-order valence-electron chi connectivity index (χ2n) is 4.44. The van der Waals surface area contributed by atoms with Gasteiger partial charge in [0.15, 0.2) is 0 Å². The molecule has 0 unspecified atom stereocenters. The van der Waals surface area contributed by atoms with E-state index in [-0.39, 0.29) is 17.5 Å². The molecule has 0 spiro atoms. The van der Waals surface area contributed by atoms with Gasteiger partial charge in [-0.1, -0.05) is 0 Å². The van der Waals surface area contributed by atoms with Gasteiger partial charge in [0.05, 0.1) is 12.2 Å². The third-order valence-electron chi connectivity index (χ3n) is 2.84. The fraction of sp³-hybridized carbons (Fsp3) is 0.308. The standard InChI is InChI=1S/C13H15N3O3S2/c1-7-5-20-6-9(7)3-14-13(19)15-4-10-16-8(2)11(21-10)12(17)18/h5-6H,3-4H2,1-2H3,(H,17,18)(H2,14,15,19). The van der Waals surface area contributed by atoms with Gasteiger partial charge in [-0.25, -0.2) is 14.6 Å². The maximum atomic E-state index is 11.7. The van der Waals surface area contributed by atoms with E-state index in [1.54, 1.807) is 18.3 Å². The van der Waals surface area contributed by atoms with Crippen molar-refractivity contribution in [2.45, 2.75) is 26.9 Å². The van der Waals surface area contributed by atoms with Gasteiger partial charge in [-0.05, 0) is 35.7 Å². The fourth-order valence-corrected chi connectivity index (χ4v) is 3.39. The number of rotatable bonds is 5. The zero-order chi connectivity index (χ0) is 15.4. The number of urea groups is 1. The first-order valence-electron chi connectivity index (χ1n) is 6.20. The number of carbonyl (C=O) groups excluding carboxylic acids is 1. The Hall–Kier alpha value is -1.93. The van der Waals surface area contributed by atoms with Crippen molar-refractivity contribution in [3.05, 3.63) is 37.5 Å². The molecular formula is C13H15N3O3S2. The number of hydrogen-bond donors (Lipinski definition) is 3. The van der Waals surface area contributed by atoms with Gasteiger partial charge in [0.1, 0.15) is 9.88 Å². The van der Waals surface area contributed by atoms with E-state index in [0.29, 0.717) is 17.2 Å². The van der Waals surface area contributed by atoms with Crippen LogP contribution in [0.2, 0.25) is 0 Å². The number of aromatic carboxylic acids is 1. The Kier molecular flexibility index (Phi) is 4.92. The van der Waals surface area contributed by atoms with Gasteiger partial charge in [-0.3, -0.25) is 0 Å². The topological polar surface area (TPSA) is 91.3 Å². The smallest absolute Gasteiger partial charge is 0.347 e. The molecule has 0 fully saturated rings. The molecule has 0 radical (unpaired) electrons. The number of nitrogens with one attached hydrogen (secondary N) is 2. The van der Waals surface area contributed by atoms with Gasteiger partial charge < -0.3 is 15.7 Å². The molecule has 2 heterocycles. The number of aryl methyl sites for hydroxylation is 2. The molecule has 0 aromatic carbocycles. The van der Waals surface area contributed by atoms with E-state index in [0.717, 1.165) is 22.5 Å². The summed E-state index contributed by atoms with van der Waals surface area (Å²) in [5, 5.41) is 19.0. The minimum absolute atomic E-state index is 0.209. The molecule has 0 aliphatic carbocycles. The Labute approximate surface area is 129 Å². The first-order chi connectivity index (χ1) is 9.97. The summed E-state index contributed by atoms with van der Waals surface area (Å²) in [5.41, 5.74) is 2.72. The Morgan fingerprint density at radius 1 is 1.24 bits per heavy atom. The molecule has 0 aliphatic heterocycles. The Morgan fingerprint density at radius 3 is 2.52 bits per heavy atom. The maximum absolute atomic E-state index is 11.7. The van der Waals surface area contributed by atoms with E-state index < -0.39 is 5.97 Å². The Bertz CT molecular complexity index is 663. The van der Waals surface area contributed by atoms with E-state index in [4.69, 9.17) is 5.11 Å². The number of carboxylic acid groups (broad SMARTS) is 1. The van der Waals surface area contributed by atoms with Gasteiger partial charge in [-0.2, -0.15) is 11.3 Å². The lowest BCUT2D eigenvalue weighted by Gasteiger charge is -2.06. The molecule has 6 nitrogen and oxygen atoms in total. The normalized spacial score (nSPS) is 10.4. The number of nitrogens with zero attached hydrogens (tertiary/aromatic N) is 1. The van der Waals surface area contributed by atoms with E-state index >= 15 is 0 Å². The summed E-state index contributed by atoms with van der Waals surface area (Å²) >= 11 is 2.68. The molecule has 2 aromatic rings. The van der Waals surface area contributed by atoms with Crippen molar-refractivity contribution >= 4 is 34.7 Å². The lowest BCUT2D eigenvalue weighted by molar-refractivity contribution is 0.0701. The highest BCUT2D eigenvalue weighted by molar-refractivity contribution is 7.13. The van der Waals surface area contributed by atoms with Crippen molar-refractivity contribution < 1.29 is 14.7 Å². The highest BCUT2D eigenvalue weighted by Gasteiger charge is 2.14. The maximum Gasteiger partial charge on any atom is 0.347 e. The van der Waals surface area contributed by atoms with Crippen molar-refractivity contribution in [1.29, 1.82) is 0 Å². The molecule has 0 saturated heterocycles. The highest BCUT2D eigenvalue weighted by Crippen LogP contribution is 2.17. The SMILES string of the molecule is Cc1cscc1CNC(=O)NCc1nc(C)c(C(=O)O)s1.